The highest BCUT2D eigenvalue weighted by Gasteiger charge is 2.03. The van der Waals surface area contributed by atoms with Crippen molar-refractivity contribution in [3.8, 4) is 17.3 Å². The molecule has 2 aromatic rings. The van der Waals surface area contributed by atoms with E-state index in [0.717, 1.165) is 36.6 Å². The van der Waals surface area contributed by atoms with E-state index in [1.807, 2.05) is 18.2 Å². The molecule has 0 aliphatic heterocycles. The maximum atomic E-state index is 8.43. The molecule has 0 bridgehead atoms. The lowest BCUT2D eigenvalue weighted by Gasteiger charge is -2.00. The Labute approximate surface area is 117 Å². The molecule has 0 atom stereocenters. The van der Waals surface area contributed by atoms with Gasteiger partial charge in [-0.05, 0) is 19.4 Å². The van der Waals surface area contributed by atoms with Gasteiger partial charge in [-0.2, -0.15) is 5.26 Å². The summed E-state index contributed by atoms with van der Waals surface area (Å²) in [7, 11) is 0. The van der Waals surface area contributed by atoms with Gasteiger partial charge in [0.15, 0.2) is 0 Å². The molecule has 0 radical (unpaired) electrons. The molecule has 1 aromatic carbocycles. The van der Waals surface area contributed by atoms with Gasteiger partial charge in [-0.3, -0.25) is 0 Å². The van der Waals surface area contributed by atoms with E-state index in [1.165, 1.54) is 5.56 Å². The molecule has 2 rings (SSSR count). The van der Waals surface area contributed by atoms with Gasteiger partial charge >= 0.3 is 0 Å². The summed E-state index contributed by atoms with van der Waals surface area (Å²) in [5.74, 6) is 0. The fourth-order valence-electron chi connectivity index (χ4n) is 1.78. The molecule has 0 spiro atoms. The van der Waals surface area contributed by atoms with E-state index in [4.69, 9.17) is 5.26 Å². The van der Waals surface area contributed by atoms with Gasteiger partial charge in [0, 0.05) is 23.9 Å². The number of aromatic nitrogens is 1. The Morgan fingerprint density at radius 1 is 1.21 bits per heavy atom. The molecule has 0 aliphatic rings. The van der Waals surface area contributed by atoms with Crippen molar-refractivity contribution in [2.75, 3.05) is 6.54 Å². The topological polar surface area (TPSA) is 48.7 Å². The molecule has 4 heteroatoms. The third-order valence-electron chi connectivity index (χ3n) is 2.79. The van der Waals surface area contributed by atoms with E-state index in [-0.39, 0.29) is 0 Å². The van der Waals surface area contributed by atoms with Gasteiger partial charge in [0.2, 0.25) is 0 Å². The zero-order valence-corrected chi connectivity index (χ0v) is 11.6. The van der Waals surface area contributed by atoms with Crippen molar-refractivity contribution in [2.24, 2.45) is 0 Å². The molecule has 0 saturated carbocycles. The van der Waals surface area contributed by atoms with E-state index in [2.05, 4.69) is 33.9 Å². The van der Waals surface area contributed by atoms with Crippen LogP contribution in [0.4, 0.5) is 0 Å². The number of unbranched alkanes of at least 4 members (excludes halogenated alkanes) is 2. The van der Waals surface area contributed by atoms with E-state index in [1.54, 1.807) is 11.3 Å². The van der Waals surface area contributed by atoms with Crippen molar-refractivity contribution < 1.29 is 0 Å². The first-order chi connectivity index (χ1) is 9.40. The Morgan fingerprint density at radius 3 is 2.84 bits per heavy atom. The van der Waals surface area contributed by atoms with E-state index < -0.39 is 0 Å². The third-order valence-corrected chi connectivity index (χ3v) is 3.64. The lowest BCUT2D eigenvalue weighted by atomic mass is 10.2. The van der Waals surface area contributed by atoms with Crippen molar-refractivity contribution >= 4 is 11.3 Å². The highest BCUT2D eigenvalue weighted by Crippen LogP contribution is 2.21. The minimum Gasteiger partial charge on any atom is -0.310 e. The van der Waals surface area contributed by atoms with Crippen LogP contribution in [-0.4, -0.2) is 11.5 Å². The standard InChI is InChI=1S/C15H17N3S/c16-9-5-2-6-10-17-11-15-18-14(12-19-15)13-7-3-1-4-8-13/h1,3-4,7-8,12,17H,2,5-6,10-11H2. The van der Waals surface area contributed by atoms with Gasteiger partial charge in [-0.25, -0.2) is 4.98 Å². The van der Waals surface area contributed by atoms with Crippen molar-refractivity contribution in [1.29, 1.82) is 5.26 Å². The van der Waals surface area contributed by atoms with Crippen LogP contribution < -0.4 is 5.32 Å². The summed E-state index contributed by atoms with van der Waals surface area (Å²) in [6, 6.07) is 12.4. The van der Waals surface area contributed by atoms with Crippen molar-refractivity contribution in [1.82, 2.24) is 10.3 Å². The number of thiazole rings is 1. The number of hydrogen-bond acceptors (Lipinski definition) is 4. The Hall–Kier alpha value is -1.70. The predicted molar refractivity (Wildman–Crippen MR) is 78.7 cm³/mol. The van der Waals surface area contributed by atoms with E-state index in [9.17, 15) is 0 Å². The Morgan fingerprint density at radius 2 is 2.05 bits per heavy atom. The first-order valence-corrected chi connectivity index (χ1v) is 7.35. The predicted octanol–water partition coefficient (Wildman–Crippen LogP) is 3.59. The van der Waals surface area contributed by atoms with Crippen LogP contribution in [0, 0.1) is 11.3 Å². The number of rotatable bonds is 7. The first-order valence-electron chi connectivity index (χ1n) is 6.47. The summed E-state index contributed by atoms with van der Waals surface area (Å²) in [6.07, 6.45) is 2.66. The summed E-state index contributed by atoms with van der Waals surface area (Å²) < 4.78 is 0. The second-order valence-corrected chi connectivity index (χ2v) is 5.23. The SMILES string of the molecule is N#CCCCCNCc1nc(-c2ccccc2)cs1. The zero-order chi connectivity index (χ0) is 13.3. The van der Waals surface area contributed by atoms with Crippen molar-refractivity contribution in [2.45, 2.75) is 25.8 Å². The van der Waals surface area contributed by atoms with Gasteiger partial charge in [0.05, 0.1) is 11.8 Å². The maximum Gasteiger partial charge on any atom is 0.107 e. The molecule has 0 amide bonds. The molecule has 19 heavy (non-hydrogen) atoms. The van der Waals surface area contributed by atoms with E-state index >= 15 is 0 Å². The fourth-order valence-corrected chi connectivity index (χ4v) is 2.56. The number of benzene rings is 1. The van der Waals surface area contributed by atoms with Crippen molar-refractivity contribution in [3.63, 3.8) is 0 Å². The molecule has 1 heterocycles. The molecular formula is C15H17N3S. The van der Waals surface area contributed by atoms with Crippen LogP contribution in [0.3, 0.4) is 0 Å². The molecule has 0 unspecified atom stereocenters. The molecule has 1 aromatic heterocycles. The summed E-state index contributed by atoms with van der Waals surface area (Å²) in [6.45, 7) is 1.76. The van der Waals surface area contributed by atoms with Crippen LogP contribution in [0.5, 0.6) is 0 Å². The lowest BCUT2D eigenvalue weighted by molar-refractivity contribution is 0.627. The summed E-state index contributed by atoms with van der Waals surface area (Å²) in [5, 5.41) is 15.0. The number of hydrogen-bond donors (Lipinski definition) is 1. The Bertz CT molecular complexity index is 528. The van der Waals surface area contributed by atoms with Crippen LogP contribution in [0.1, 0.15) is 24.3 Å². The fraction of sp³-hybridized carbons (Fsp3) is 0.333. The second kappa shape index (κ2) is 7.67. The van der Waals surface area contributed by atoms with Crippen LogP contribution in [0.2, 0.25) is 0 Å². The smallest absolute Gasteiger partial charge is 0.107 e. The monoisotopic (exact) mass is 271 g/mol. The summed E-state index contributed by atoms with van der Waals surface area (Å²) in [4.78, 5) is 4.62. The minimum absolute atomic E-state index is 0.650. The highest BCUT2D eigenvalue weighted by atomic mass is 32.1. The Balaban J connectivity index is 1.77. The zero-order valence-electron chi connectivity index (χ0n) is 10.8. The average Bonchev–Trinajstić information content (AvgIpc) is 2.92. The molecule has 1 N–H and O–H groups in total. The van der Waals surface area contributed by atoms with E-state index in [0.29, 0.717) is 6.42 Å². The van der Waals surface area contributed by atoms with Gasteiger partial charge in [-0.15, -0.1) is 11.3 Å². The summed E-state index contributed by atoms with van der Waals surface area (Å²) in [5.41, 5.74) is 2.21. The van der Waals surface area contributed by atoms with Crippen LogP contribution in [0.15, 0.2) is 35.7 Å². The van der Waals surface area contributed by atoms with Crippen molar-refractivity contribution in [3.05, 3.63) is 40.7 Å². The number of nitrogens with zero attached hydrogens (tertiary/aromatic N) is 2. The lowest BCUT2D eigenvalue weighted by Crippen LogP contribution is -2.14. The highest BCUT2D eigenvalue weighted by molar-refractivity contribution is 7.09. The molecular weight excluding hydrogens is 254 g/mol. The molecule has 98 valence electrons. The van der Waals surface area contributed by atoms with Gasteiger partial charge in [0.25, 0.3) is 0 Å². The number of nitrogens with one attached hydrogen (secondary N) is 1. The molecule has 0 fully saturated rings. The third kappa shape index (κ3) is 4.47. The van der Waals surface area contributed by atoms with Crippen LogP contribution >= 0.6 is 11.3 Å². The largest absolute Gasteiger partial charge is 0.310 e. The van der Waals surface area contributed by atoms with Crippen LogP contribution in [0.25, 0.3) is 11.3 Å². The number of nitriles is 1. The normalized spacial score (nSPS) is 10.3. The molecule has 0 saturated heterocycles. The maximum absolute atomic E-state index is 8.43. The van der Waals surface area contributed by atoms with Gasteiger partial charge < -0.3 is 5.32 Å². The quantitative estimate of drug-likeness (QED) is 0.783. The minimum atomic E-state index is 0.650. The first kappa shape index (κ1) is 13.7. The second-order valence-electron chi connectivity index (χ2n) is 4.28. The average molecular weight is 271 g/mol. The van der Waals surface area contributed by atoms with Gasteiger partial charge in [0.1, 0.15) is 5.01 Å². The summed E-state index contributed by atoms with van der Waals surface area (Å²) >= 11 is 1.69. The Kier molecular flexibility index (Phi) is 5.54. The van der Waals surface area contributed by atoms with Gasteiger partial charge in [-0.1, -0.05) is 30.3 Å². The van der Waals surface area contributed by atoms with Crippen LogP contribution in [-0.2, 0) is 6.54 Å². The molecule has 3 nitrogen and oxygen atoms in total. The molecule has 0 aliphatic carbocycles.